The second kappa shape index (κ2) is 5.50. The number of hydrogen-bond donors (Lipinski definition) is 1. The number of hydrogen-bond acceptors (Lipinski definition) is 2. The van der Waals surface area contributed by atoms with Crippen LogP contribution < -0.4 is 5.32 Å². The van der Waals surface area contributed by atoms with Gasteiger partial charge in [-0.2, -0.15) is 0 Å². The zero-order valence-corrected chi connectivity index (χ0v) is 11.1. The molecule has 2 aliphatic heterocycles. The summed E-state index contributed by atoms with van der Waals surface area (Å²) in [5, 5.41) is 3.51. The van der Waals surface area contributed by atoms with Crippen LogP contribution in [0, 0.1) is 11.3 Å². The summed E-state index contributed by atoms with van der Waals surface area (Å²) in [4.78, 5) is 2.72. The third kappa shape index (κ3) is 3.21. The van der Waals surface area contributed by atoms with Gasteiger partial charge < -0.3 is 10.2 Å². The van der Waals surface area contributed by atoms with Crippen LogP contribution in [-0.2, 0) is 0 Å². The topological polar surface area (TPSA) is 15.3 Å². The zero-order chi connectivity index (χ0) is 11.4. The van der Waals surface area contributed by atoms with Crippen LogP contribution in [0.4, 0.5) is 0 Å². The molecule has 0 spiro atoms. The second-order valence-electron chi connectivity index (χ2n) is 6.22. The van der Waals surface area contributed by atoms with Gasteiger partial charge in [0.2, 0.25) is 0 Å². The average Bonchev–Trinajstić information content (AvgIpc) is 2.57. The van der Waals surface area contributed by atoms with E-state index in [1.54, 1.807) is 0 Å². The van der Waals surface area contributed by atoms with Crippen LogP contribution in [0.25, 0.3) is 0 Å². The highest BCUT2D eigenvalue weighted by Crippen LogP contribution is 2.28. The molecule has 2 aliphatic rings. The van der Waals surface area contributed by atoms with Crippen molar-refractivity contribution in [2.45, 2.75) is 46.0 Å². The van der Waals surface area contributed by atoms with Crippen LogP contribution in [0.3, 0.4) is 0 Å². The van der Waals surface area contributed by atoms with Crippen molar-refractivity contribution in [2.24, 2.45) is 11.3 Å². The molecule has 0 saturated carbocycles. The summed E-state index contributed by atoms with van der Waals surface area (Å²) >= 11 is 0. The summed E-state index contributed by atoms with van der Waals surface area (Å²) in [5.74, 6) is 1.000. The summed E-state index contributed by atoms with van der Waals surface area (Å²) in [6.45, 7) is 11.2. The molecule has 0 aromatic heterocycles. The standard InChI is InChI=1S/C14H28N2/c1-3-13-5-4-9-16(10-6-13)12-14(2)7-8-15-11-14/h13,15H,3-12H2,1-2H3. The zero-order valence-electron chi connectivity index (χ0n) is 11.1. The van der Waals surface area contributed by atoms with Crippen molar-refractivity contribution in [1.82, 2.24) is 10.2 Å². The number of nitrogens with zero attached hydrogens (tertiary/aromatic N) is 1. The molecule has 0 aromatic carbocycles. The van der Waals surface area contributed by atoms with Crippen LogP contribution >= 0.6 is 0 Å². The molecule has 0 bridgehead atoms. The third-order valence-electron chi connectivity index (χ3n) is 4.58. The Labute approximate surface area is 101 Å². The fraction of sp³-hybridized carbons (Fsp3) is 1.00. The molecule has 2 rings (SSSR count). The molecule has 1 N–H and O–H groups in total. The molecule has 0 amide bonds. The molecule has 2 nitrogen and oxygen atoms in total. The predicted octanol–water partition coefficient (Wildman–Crippen LogP) is 2.50. The van der Waals surface area contributed by atoms with Gasteiger partial charge in [0.15, 0.2) is 0 Å². The van der Waals surface area contributed by atoms with Crippen LogP contribution in [0.1, 0.15) is 46.0 Å². The van der Waals surface area contributed by atoms with Crippen LogP contribution in [0.2, 0.25) is 0 Å². The highest BCUT2D eigenvalue weighted by atomic mass is 15.1. The third-order valence-corrected chi connectivity index (χ3v) is 4.58. The minimum absolute atomic E-state index is 0.548. The van der Waals surface area contributed by atoms with Crippen molar-refractivity contribution in [1.29, 1.82) is 0 Å². The molecule has 94 valence electrons. The van der Waals surface area contributed by atoms with E-state index in [1.807, 2.05) is 0 Å². The Balaban J connectivity index is 1.81. The first-order chi connectivity index (χ1) is 7.72. The molecule has 2 fully saturated rings. The van der Waals surface area contributed by atoms with Gasteiger partial charge in [0.1, 0.15) is 0 Å². The van der Waals surface area contributed by atoms with Gasteiger partial charge >= 0.3 is 0 Å². The summed E-state index contributed by atoms with van der Waals surface area (Å²) in [6, 6.07) is 0. The SMILES string of the molecule is CCC1CCCN(CC2(C)CCNC2)CC1. The van der Waals surface area contributed by atoms with Crippen molar-refractivity contribution in [2.75, 3.05) is 32.7 Å². The normalized spacial score (nSPS) is 37.5. The van der Waals surface area contributed by atoms with Crippen molar-refractivity contribution in [3.05, 3.63) is 0 Å². The number of likely N-dealkylation sites (tertiary alicyclic amines) is 1. The Morgan fingerprint density at radius 2 is 2.19 bits per heavy atom. The first kappa shape index (κ1) is 12.4. The maximum Gasteiger partial charge on any atom is 0.00480 e. The highest BCUT2D eigenvalue weighted by Gasteiger charge is 2.31. The van der Waals surface area contributed by atoms with Crippen LogP contribution in [-0.4, -0.2) is 37.6 Å². The van der Waals surface area contributed by atoms with Gasteiger partial charge in [0, 0.05) is 13.1 Å². The lowest BCUT2D eigenvalue weighted by molar-refractivity contribution is 0.181. The molecule has 0 radical (unpaired) electrons. The van der Waals surface area contributed by atoms with E-state index < -0.39 is 0 Å². The second-order valence-corrected chi connectivity index (χ2v) is 6.22. The molecular weight excluding hydrogens is 196 g/mol. The minimum Gasteiger partial charge on any atom is -0.316 e. The lowest BCUT2D eigenvalue weighted by Crippen LogP contribution is -2.38. The number of rotatable bonds is 3. The van der Waals surface area contributed by atoms with Gasteiger partial charge in [-0.15, -0.1) is 0 Å². The van der Waals surface area contributed by atoms with E-state index in [0.717, 1.165) is 5.92 Å². The van der Waals surface area contributed by atoms with Gasteiger partial charge in [-0.1, -0.05) is 20.3 Å². The van der Waals surface area contributed by atoms with Crippen molar-refractivity contribution in [3.8, 4) is 0 Å². The first-order valence-electron chi connectivity index (χ1n) is 7.15. The van der Waals surface area contributed by atoms with E-state index in [1.165, 1.54) is 64.8 Å². The molecule has 0 aromatic rings. The molecule has 2 unspecified atom stereocenters. The first-order valence-corrected chi connectivity index (χ1v) is 7.15. The Kier molecular flexibility index (Phi) is 4.26. The molecule has 16 heavy (non-hydrogen) atoms. The van der Waals surface area contributed by atoms with E-state index in [2.05, 4.69) is 24.1 Å². The van der Waals surface area contributed by atoms with Gasteiger partial charge in [0.25, 0.3) is 0 Å². The van der Waals surface area contributed by atoms with Crippen LogP contribution in [0.15, 0.2) is 0 Å². The lowest BCUT2D eigenvalue weighted by Gasteiger charge is -2.31. The van der Waals surface area contributed by atoms with Crippen molar-refractivity contribution in [3.63, 3.8) is 0 Å². The molecule has 2 heteroatoms. The van der Waals surface area contributed by atoms with Gasteiger partial charge in [-0.3, -0.25) is 0 Å². The van der Waals surface area contributed by atoms with E-state index in [9.17, 15) is 0 Å². The number of nitrogens with one attached hydrogen (secondary N) is 1. The van der Waals surface area contributed by atoms with E-state index in [-0.39, 0.29) is 0 Å². The van der Waals surface area contributed by atoms with E-state index in [0.29, 0.717) is 5.41 Å². The highest BCUT2D eigenvalue weighted by molar-refractivity contribution is 4.87. The quantitative estimate of drug-likeness (QED) is 0.792. The maximum atomic E-state index is 3.51. The average molecular weight is 224 g/mol. The lowest BCUT2D eigenvalue weighted by atomic mass is 9.89. The molecular formula is C14H28N2. The fourth-order valence-corrected chi connectivity index (χ4v) is 3.33. The monoisotopic (exact) mass is 224 g/mol. The van der Waals surface area contributed by atoms with Crippen molar-refractivity contribution >= 4 is 0 Å². The van der Waals surface area contributed by atoms with Crippen LogP contribution in [0.5, 0.6) is 0 Å². The predicted molar refractivity (Wildman–Crippen MR) is 69.7 cm³/mol. The van der Waals surface area contributed by atoms with Gasteiger partial charge in [-0.25, -0.2) is 0 Å². The van der Waals surface area contributed by atoms with Crippen molar-refractivity contribution < 1.29 is 0 Å². The Hall–Kier alpha value is -0.0800. The maximum absolute atomic E-state index is 3.51. The largest absolute Gasteiger partial charge is 0.316 e. The van der Waals surface area contributed by atoms with E-state index in [4.69, 9.17) is 0 Å². The van der Waals surface area contributed by atoms with Gasteiger partial charge in [-0.05, 0) is 56.7 Å². The molecule has 0 aliphatic carbocycles. The van der Waals surface area contributed by atoms with Gasteiger partial charge in [0.05, 0.1) is 0 Å². The Morgan fingerprint density at radius 3 is 2.88 bits per heavy atom. The Bertz CT molecular complexity index is 209. The molecule has 2 heterocycles. The van der Waals surface area contributed by atoms with E-state index >= 15 is 0 Å². The smallest absolute Gasteiger partial charge is 0.00480 e. The minimum atomic E-state index is 0.548. The Morgan fingerprint density at radius 1 is 1.31 bits per heavy atom. The molecule has 2 saturated heterocycles. The summed E-state index contributed by atoms with van der Waals surface area (Å²) in [7, 11) is 0. The molecule has 2 atom stereocenters. The summed E-state index contributed by atoms with van der Waals surface area (Å²) < 4.78 is 0. The summed E-state index contributed by atoms with van der Waals surface area (Å²) in [5.41, 5.74) is 0.548. The summed E-state index contributed by atoms with van der Waals surface area (Å²) in [6.07, 6.45) is 7.05. The fourth-order valence-electron chi connectivity index (χ4n) is 3.33.